The molecule has 96 valence electrons. The van der Waals surface area contributed by atoms with Gasteiger partial charge in [0.25, 0.3) is 5.91 Å². The van der Waals surface area contributed by atoms with Crippen LogP contribution in [0.25, 0.3) is 0 Å². The molecule has 0 spiro atoms. The van der Waals surface area contributed by atoms with E-state index in [9.17, 15) is 9.59 Å². The molecule has 2 rings (SSSR count). The molecule has 1 aromatic carbocycles. The van der Waals surface area contributed by atoms with Gasteiger partial charge in [0.2, 0.25) is 5.91 Å². The molecule has 0 saturated carbocycles. The second-order valence-electron chi connectivity index (χ2n) is 4.57. The van der Waals surface area contributed by atoms with E-state index < -0.39 is 0 Å². The average Bonchev–Trinajstić information content (AvgIpc) is 2.34. The fourth-order valence-electron chi connectivity index (χ4n) is 1.64. The smallest absolute Gasteiger partial charge is 0.264 e. The second-order valence-corrected chi connectivity index (χ2v) is 4.57. The first-order valence-corrected chi connectivity index (χ1v) is 5.83. The Morgan fingerprint density at radius 2 is 2.17 bits per heavy atom. The zero-order valence-electron chi connectivity index (χ0n) is 10.7. The highest BCUT2D eigenvalue weighted by atomic mass is 16.5. The van der Waals surface area contributed by atoms with Crippen molar-refractivity contribution in [1.29, 1.82) is 0 Å². The van der Waals surface area contributed by atoms with Crippen molar-refractivity contribution in [3.63, 3.8) is 0 Å². The van der Waals surface area contributed by atoms with Crippen molar-refractivity contribution in [2.45, 2.75) is 13.8 Å². The number of carbonyl (C=O) groups is 2. The number of carbonyl (C=O) groups excluding carboxylic acids is 2. The van der Waals surface area contributed by atoms with E-state index >= 15 is 0 Å². The van der Waals surface area contributed by atoms with Gasteiger partial charge in [-0.1, -0.05) is 13.8 Å². The molecule has 2 amide bonds. The number of anilines is 2. The number of hydrogen-bond acceptors (Lipinski definition) is 3. The Bertz CT molecular complexity index is 497. The molecule has 0 aromatic heterocycles. The van der Waals surface area contributed by atoms with Gasteiger partial charge in [0.15, 0.2) is 6.61 Å². The van der Waals surface area contributed by atoms with Gasteiger partial charge in [-0.2, -0.15) is 0 Å². The third kappa shape index (κ3) is 2.30. The largest absolute Gasteiger partial charge is 0.482 e. The van der Waals surface area contributed by atoms with E-state index in [-0.39, 0.29) is 24.3 Å². The molecule has 1 aromatic rings. The standard InChI is InChI=1S/C13H16N2O3/c1-8(2)13(17)14-9-4-5-11-10(6-9)15(3)12(16)7-18-11/h4-6,8H,7H2,1-3H3,(H,14,17). The minimum absolute atomic E-state index is 0.0549. The summed E-state index contributed by atoms with van der Waals surface area (Å²) in [5.74, 6) is 0.409. The number of hydrogen-bond donors (Lipinski definition) is 1. The first-order valence-electron chi connectivity index (χ1n) is 5.83. The van der Waals surface area contributed by atoms with Crippen LogP contribution in [0.3, 0.4) is 0 Å². The Kier molecular flexibility index (Phi) is 3.23. The zero-order valence-corrected chi connectivity index (χ0v) is 10.7. The van der Waals surface area contributed by atoms with Gasteiger partial charge in [0, 0.05) is 18.7 Å². The predicted octanol–water partition coefficient (Wildman–Crippen LogP) is 1.64. The summed E-state index contributed by atoms with van der Waals surface area (Å²) in [5, 5.41) is 2.79. The summed E-state index contributed by atoms with van der Waals surface area (Å²) in [4.78, 5) is 24.6. The SMILES string of the molecule is CC(C)C(=O)Nc1ccc2c(c1)N(C)C(=O)CO2. The quantitative estimate of drug-likeness (QED) is 0.865. The third-order valence-corrected chi connectivity index (χ3v) is 2.84. The fourth-order valence-corrected chi connectivity index (χ4v) is 1.64. The molecule has 5 heteroatoms. The summed E-state index contributed by atoms with van der Waals surface area (Å²) >= 11 is 0. The van der Waals surface area contributed by atoms with E-state index in [1.807, 2.05) is 13.8 Å². The Hall–Kier alpha value is -2.04. The maximum Gasteiger partial charge on any atom is 0.264 e. The minimum atomic E-state index is -0.102. The lowest BCUT2D eigenvalue weighted by molar-refractivity contribution is -0.121. The maximum absolute atomic E-state index is 11.6. The Morgan fingerprint density at radius 3 is 2.83 bits per heavy atom. The molecule has 0 radical (unpaired) electrons. The summed E-state index contributed by atoms with van der Waals surface area (Å²) in [6, 6.07) is 5.27. The van der Waals surface area contributed by atoms with Crippen molar-refractivity contribution >= 4 is 23.2 Å². The van der Waals surface area contributed by atoms with Crippen molar-refractivity contribution in [1.82, 2.24) is 0 Å². The van der Waals surface area contributed by atoms with Gasteiger partial charge in [0.05, 0.1) is 5.69 Å². The second kappa shape index (κ2) is 4.68. The average molecular weight is 248 g/mol. The number of likely N-dealkylation sites (N-methyl/N-ethyl adjacent to an activating group) is 1. The molecular formula is C13H16N2O3. The molecule has 0 atom stereocenters. The highest BCUT2D eigenvalue weighted by Gasteiger charge is 2.22. The molecule has 0 aliphatic carbocycles. The lowest BCUT2D eigenvalue weighted by Crippen LogP contribution is -2.35. The summed E-state index contributed by atoms with van der Waals surface area (Å²) in [6.07, 6.45) is 0. The van der Waals surface area contributed by atoms with E-state index in [0.29, 0.717) is 17.1 Å². The van der Waals surface area contributed by atoms with Crippen LogP contribution in [0.15, 0.2) is 18.2 Å². The molecule has 18 heavy (non-hydrogen) atoms. The molecule has 1 aliphatic rings. The van der Waals surface area contributed by atoms with Gasteiger partial charge < -0.3 is 15.0 Å². The first kappa shape index (κ1) is 12.4. The van der Waals surface area contributed by atoms with Crippen molar-refractivity contribution in [3.8, 4) is 5.75 Å². The van der Waals surface area contributed by atoms with Crippen LogP contribution in [-0.2, 0) is 9.59 Å². The van der Waals surface area contributed by atoms with Gasteiger partial charge in [-0.05, 0) is 18.2 Å². The number of amides is 2. The molecule has 5 nitrogen and oxygen atoms in total. The summed E-state index contributed by atoms with van der Waals surface area (Å²) < 4.78 is 5.31. The monoisotopic (exact) mass is 248 g/mol. The molecule has 1 heterocycles. The Labute approximate surface area is 106 Å². The number of fused-ring (bicyclic) bond motifs is 1. The van der Waals surface area contributed by atoms with Gasteiger partial charge in [-0.25, -0.2) is 0 Å². The van der Waals surface area contributed by atoms with Crippen LogP contribution in [0.5, 0.6) is 5.75 Å². The van der Waals surface area contributed by atoms with E-state index in [2.05, 4.69) is 5.32 Å². The number of nitrogens with zero attached hydrogens (tertiary/aromatic N) is 1. The summed E-state index contributed by atoms with van der Waals surface area (Å²) in [5.41, 5.74) is 1.34. The third-order valence-electron chi connectivity index (χ3n) is 2.84. The highest BCUT2D eigenvalue weighted by Crippen LogP contribution is 2.33. The van der Waals surface area contributed by atoms with Gasteiger partial charge >= 0.3 is 0 Å². The molecule has 0 unspecified atom stereocenters. The predicted molar refractivity (Wildman–Crippen MR) is 68.8 cm³/mol. The van der Waals surface area contributed by atoms with Crippen LogP contribution in [0, 0.1) is 5.92 Å². The lowest BCUT2D eigenvalue weighted by Gasteiger charge is -2.26. The lowest BCUT2D eigenvalue weighted by atomic mass is 10.2. The Balaban J connectivity index is 2.26. The molecular weight excluding hydrogens is 232 g/mol. The normalized spacial score (nSPS) is 14.2. The van der Waals surface area contributed by atoms with Crippen LogP contribution >= 0.6 is 0 Å². The number of rotatable bonds is 2. The summed E-state index contributed by atoms with van der Waals surface area (Å²) in [7, 11) is 1.69. The van der Waals surface area contributed by atoms with Crippen LogP contribution in [0.4, 0.5) is 11.4 Å². The maximum atomic E-state index is 11.6. The van der Waals surface area contributed by atoms with Crippen LogP contribution in [-0.4, -0.2) is 25.5 Å². The van der Waals surface area contributed by atoms with E-state index in [1.54, 1.807) is 25.2 Å². The fraction of sp³-hybridized carbons (Fsp3) is 0.385. The van der Waals surface area contributed by atoms with Crippen LogP contribution in [0.2, 0.25) is 0 Å². The van der Waals surface area contributed by atoms with Gasteiger partial charge in [-0.15, -0.1) is 0 Å². The Morgan fingerprint density at radius 1 is 1.44 bits per heavy atom. The molecule has 0 saturated heterocycles. The minimum Gasteiger partial charge on any atom is -0.482 e. The van der Waals surface area contributed by atoms with E-state index in [1.165, 1.54) is 4.90 Å². The molecule has 0 bridgehead atoms. The number of nitrogens with one attached hydrogen (secondary N) is 1. The van der Waals surface area contributed by atoms with Crippen LogP contribution in [0.1, 0.15) is 13.8 Å². The first-order chi connectivity index (χ1) is 8.49. The molecule has 1 N–H and O–H groups in total. The van der Waals surface area contributed by atoms with Gasteiger partial charge in [-0.3, -0.25) is 9.59 Å². The molecule has 0 fully saturated rings. The van der Waals surface area contributed by atoms with Crippen molar-refractivity contribution < 1.29 is 14.3 Å². The highest BCUT2D eigenvalue weighted by molar-refractivity contribution is 5.99. The number of ether oxygens (including phenoxy) is 1. The van der Waals surface area contributed by atoms with E-state index in [0.717, 1.165) is 0 Å². The van der Waals surface area contributed by atoms with Gasteiger partial charge in [0.1, 0.15) is 5.75 Å². The number of benzene rings is 1. The van der Waals surface area contributed by atoms with Crippen LogP contribution < -0.4 is 15.0 Å². The molecule has 1 aliphatic heterocycles. The zero-order chi connectivity index (χ0) is 13.3. The van der Waals surface area contributed by atoms with E-state index in [4.69, 9.17) is 4.74 Å². The summed E-state index contributed by atoms with van der Waals surface area (Å²) in [6.45, 7) is 3.71. The van der Waals surface area contributed by atoms with Crippen molar-refractivity contribution in [2.75, 3.05) is 23.9 Å². The topological polar surface area (TPSA) is 58.6 Å². The van der Waals surface area contributed by atoms with Crippen molar-refractivity contribution in [3.05, 3.63) is 18.2 Å². The van der Waals surface area contributed by atoms with Crippen molar-refractivity contribution in [2.24, 2.45) is 5.92 Å².